The highest BCUT2D eigenvalue weighted by Crippen LogP contribution is 2.09. The van der Waals surface area contributed by atoms with Crippen molar-refractivity contribution in [3.05, 3.63) is 59.7 Å². The van der Waals surface area contributed by atoms with Gasteiger partial charge in [-0.2, -0.15) is 5.10 Å². The number of nitrogens with one attached hydrogen (secondary N) is 1. The Labute approximate surface area is 142 Å². The zero-order chi connectivity index (χ0) is 17.8. The maximum atomic E-state index is 12.0. The number of aromatic nitrogens is 5. The van der Waals surface area contributed by atoms with Gasteiger partial charge in [0, 0.05) is 6.20 Å². The van der Waals surface area contributed by atoms with E-state index >= 15 is 0 Å². The van der Waals surface area contributed by atoms with Crippen LogP contribution in [0.2, 0.25) is 0 Å². The second-order valence-corrected chi connectivity index (χ2v) is 5.42. The molecule has 0 saturated carbocycles. The van der Waals surface area contributed by atoms with Crippen molar-refractivity contribution < 1.29 is 14.7 Å². The van der Waals surface area contributed by atoms with Crippen LogP contribution in [-0.2, 0) is 17.9 Å². The van der Waals surface area contributed by atoms with E-state index in [1.807, 2.05) is 31.2 Å². The fourth-order valence-corrected chi connectivity index (χ4v) is 2.33. The molecule has 0 aliphatic rings. The van der Waals surface area contributed by atoms with Gasteiger partial charge in [0.15, 0.2) is 0 Å². The van der Waals surface area contributed by atoms with Crippen LogP contribution in [0.4, 0.5) is 5.95 Å². The second-order valence-electron chi connectivity index (χ2n) is 5.42. The molecule has 9 nitrogen and oxygen atoms in total. The van der Waals surface area contributed by atoms with Crippen LogP contribution in [0.15, 0.2) is 42.9 Å². The Bertz CT molecular complexity index is 914. The number of amides is 1. The Hall–Kier alpha value is -3.49. The van der Waals surface area contributed by atoms with Crippen molar-refractivity contribution >= 4 is 17.8 Å². The molecule has 0 unspecified atom stereocenters. The third-order valence-corrected chi connectivity index (χ3v) is 3.61. The third-order valence-electron chi connectivity index (χ3n) is 3.61. The molecule has 0 saturated heterocycles. The maximum absolute atomic E-state index is 12.0. The van der Waals surface area contributed by atoms with Gasteiger partial charge in [0.05, 0.1) is 6.54 Å². The SMILES string of the molecule is Cc1ccccc1Cn1cnc(NC(=O)Cn2nccc2C(=O)O)n1. The lowest BCUT2D eigenvalue weighted by Gasteiger charge is -2.05. The first kappa shape index (κ1) is 16.4. The number of carboxylic acid groups (broad SMARTS) is 1. The zero-order valence-electron chi connectivity index (χ0n) is 13.5. The smallest absolute Gasteiger partial charge is 0.354 e. The van der Waals surface area contributed by atoms with Crippen molar-refractivity contribution in [1.82, 2.24) is 24.5 Å². The minimum Gasteiger partial charge on any atom is -0.477 e. The Morgan fingerprint density at radius 2 is 2.04 bits per heavy atom. The van der Waals surface area contributed by atoms with E-state index in [4.69, 9.17) is 5.11 Å². The van der Waals surface area contributed by atoms with Crippen LogP contribution in [0.5, 0.6) is 0 Å². The number of hydrogen-bond acceptors (Lipinski definition) is 5. The lowest BCUT2D eigenvalue weighted by atomic mass is 10.1. The van der Waals surface area contributed by atoms with Crippen molar-refractivity contribution in [1.29, 1.82) is 0 Å². The Morgan fingerprint density at radius 1 is 1.24 bits per heavy atom. The molecule has 0 radical (unpaired) electrons. The molecule has 25 heavy (non-hydrogen) atoms. The fraction of sp³-hybridized carbons (Fsp3) is 0.188. The first-order chi connectivity index (χ1) is 12.0. The van der Waals surface area contributed by atoms with E-state index in [1.54, 1.807) is 4.68 Å². The Kier molecular flexibility index (Phi) is 4.55. The van der Waals surface area contributed by atoms with Gasteiger partial charge in [-0.3, -0.25) is 10.1 Å². The summed E-state index contributed by atoms with van der Waals surface area (Å²) in [5.41, 5.74) is 2.18. The Balaban J connectivity index is 1.63. The molecule has 1 amide bonds. The highest BCUT2D eigenvalue weighted by Gasteiger charge is 2.14. The summed E-state index contributed by atoms with van der Waals surface area (Å²) in [6, 6.07) is 9.25. The van der Waals surface area contributed by atoms with Crippen molar-refractivity contribution in [2.45, 2.75) is 20.0 Å². The molecule has 1 aromatic carbocycles. The molecule has 2 N–H and O–H groups in total. The molecule has 0 atom stereocenters. The molecule has 2 heterocycles. The van der Waals surface area contributed by atoms with Crippen molar-refractivity contribution in [3.63, 3.8) is 0 Å². The van der Waals surface area contributed by atoms with E-state index in [9.17, 15) is 9.59 Å². The van der Waals surface area contributed by atoms with Gasteiger partial charge >= 0.3 is 5.97 Å². The molecule has 3 aromatic rings. The summed E-state index contributed by atoms with van der Waals surface area (Å²) in [5, 5.41) is 19.6. The summed E-state index contributed by atoms with van der Waals surface area (Å²) in [4.78, 5) is 27.1. The lowest BCUT2D eigenvalue weighted by Crippen LogP contribution is -2.22. The van der Waals surface area contributed by atoms with E-state index in [-0.39, 0.29) is 18.2 Å². The van der Waals surface area contributed by atoms with Crippen LogP contribution in [-0.4, -0.2) is 41.5 Å². The van der Waals surface area contributed by atoms with Gasteiger partial charge in [0.25, 0.3) is 0 Å². The molecule has 128 valence electrons. The van der Waals surface area contributed by atoms with E-state index in [2.05, 4.69) is 20.5 Å². The van der Waals surface area contributed by atoms with Crippen LogP contribution in [0.25, 0.3) is 0 Å². The molecule has 0 aliphatic carbocycles. The zero-order valence-corrected chi connectivity index (χ0v) is 13.5. The van der Waals surface area contributed by atoms with Crippen LogP contribution in [0.3, 0.4) is 0 Å². The molecule has 0 spiro atoms. The molecular formula is C16H16N6O3. The molecule has 0 bridgehead atoms. The monoisotopic (exact) mass is 340 g/mol. The summed E-state index contributed by atoms with van der Waals surface area (Å²) in [7, 11) is 0. The molecule has 0 fully saturated rings. The highest BCUT2D eigenvalue weighted by molar-refractivity contribution is 5.90. The van der Waals surface area contributed by atoms with Gasteiger partial charge in [-0.25, -0.2) is 19.1 Å². The number of benzene rings is 1. The van der Waals surface area contributed by atoms with Crippen LogP contribution < -0.4 is 5.32 Å². The van der Waals surface area contributed by atoms with Gasteiger partial charge in [-0.1, -0.05) is 24.3 Å². The molecule has 2 aromatic heterocycles. The summed E-state index contributed by atoms with van der Waals surface area (Å²) >= 11 is 0. The number of carbonyl (C=O) groups excluding carboxylic acids is 1. The maximum Gasteiger partial charge on any atom is 0.354 e. The average molecular weight is 340 g/mol. The first-order valence-electron chi connectivity index (χ1n) is 7.52. The van der Waals surface area contributed by atoms with Gasteiger partial charge in [0.1, 0.15) is 18.6 Å². The summed E-state index contributed by atoms with van der Waals surface area (Å²) in [6.07, 6.45) is 2.85. The van der Waals surface area contributed by atoms with Gasteiger partial charge in [0.2, 0.25) is 11.9 Å². The quantitative estimate of drug-likeness (QED) is 0.696. The average Bonchev–Trinajstić information content (AvgIpc) is 3.19. The molecular weight excluding hydrogens is 324 g/mol. The van der Waals surface area contributed by atoms with Crippen molar-refractivity contribution in [3.8, 4) is 0 Å². The minimum absolute atomic E-state index is 0.0619. The first-order valence-corrected chi connectivity index (χ1v) is 7.52. The number of carboxylic acids is 1. The summed E-state index contributed by atoms with van der Waals surface area (Å²) in [6.45, 7) is 2.32. The molecule has 9 heteroatoms. The number of nitrogens with zero attached hydrogens (tertiary/aromatic N) is 5. The van der Waals surface area contributed by atoms with Crippen molar-refractivity contribution in [2.75, 3.05) is 5.32 Å². The van der Waals surface area contributed by atoms with Gasteiger partial charge in [-0.05, 0) is 24.1 Å². The minimum atomic E-state index is -1.15. The fourth-order valence-electron chi connectivity index (χ4n) is 2.33. The van der Waals surface area contributed by atoms with Gasteiger partial charge < -0.3 is 5.11 Å². The number of carbonyl (C=O) groups is 2. The normalized spacial score (nSPS) is 10.6. The van der Waals surface area contributed by atoms with E-state index in [0.29, 0.717) is 6.54 Å². The van der Waals surface area contributed by atoms with E-state index in [0.717, 1.165) is 15.8 Å². The number of rotatable bonds is 6. The highest BCUT2D eigenvalue weighted by atomic mass is 16.4. The number of anilines is 1. The topological polar surface area (TPSA) is 115 Å². The number of hydrogen-bond donors (Lipinski definition) is 2. The number of aryl methyl sites for hydroxylation is 1. The summed E-state index contributed by atoms with van der Waals surface area (Å²) in [5.74, 6) is -1.45. The third kappa shape index (κ3) is 3.89. The van der Waals surface area contributed by atoms with Gasteiger partial charge in [-0.15, -0.1) is 5.10 Å². The standard InChI is InChI=1S/C16H16N6O3/c1-11-4-2-3-5-12(11)8-21-10-17-16(20-21)19-14(23)9-22-13(15(24)25)6-7-18-22/h2-7,10H,8-9H2,1H3,(H,24,25)(H,19,20,23). The lowest BCUT2D eigenvalue weighted by molar-refractivity contribution is -0.117. The second kappa shape index (κ2) is 6.95. The summed E-state index contributed by atoms with van der Waals surface area (Å²) < 4.78 is 2.72. The predicted molar refractivity (Wildman–Crippen MR) is 88.1 cm³/mol. The van der Waals surface area contributed by atoms with Crippen LogP contribution >= 0.6 is 0 Å². The van der Waals surface area contributed by atoms with Crippen molar-refractivity contribution in [2.24, 2.45) is 0 Å². The van der Waals surface area contributed by atoms with Crippen LogP contribution in [0, 0.1) is 6.92 Å². The largest absolute Gasteiger partial charge is 0.477 e. The Morgan fingerprint density at radius 3 is 2.80 bits per heavy atom. The predicted octanol–water partition coefficient (Wildman–Crippen LogP) is 1.17. The van der Waals surface area contributed by atoms with E-state index in [1.165, 1.54) is 18.6 Å². The molecule has 3 rings (SSSR count). The van der Waals surface area contributed by atoms with Crippen LogP contribution in [0.1, 0.15) is 21.6 Å². The number of aromatic carboxylic acids is 1. The van der Waals surface area contributed by atoms with E-state index < -0.39 is 11.9 Å². The molecule has 0 aliphatic heterocycles.